The van der Waals surface area contributed by atoms with Gasteiger partial charge < -0.3 is 15.1 Å². The van der Waals surface area contributed by atoms with Crippen LogP contribution in [0.25, 0.3) is 0 Å². The molecule has 1 unspecified atom stereocenters. The van der Waals surface area contributed by atoms with Crippen molar-refractivity contribution >= 4 is 29.1 Å². The van der Waals surface area contributed by atoms with Crippen LogP contribution in [0.15, 0.2) is 78.9 Å². The van der Waals surface area contributed by atoms with E-state index >= 15 is 0 Å². The minimum Gasteiger partial charge on any atom is -0.331 e. The Balaban J connectivity index is 1.54. The molecule has 0 saturated carbocycles. The van der Waals surface area contributed by atoms with Crippen LogP contribution >= 0.6 is 0 Å². The van der Waals surface area contributed by atoms with Crippen LogP contribution in [0.3, 0.4) is 0 Å². The van der Waals surface area contributed by atoms with Gasteiger partial charge in [0.2, 0.25) is 17.7 Å². The predicted molar refractivity (Wildman–Crippen MR) is 138 cm³/mol. The van der Waals surface area contributed by atoms with E-state index < -0.39 is 0 Å². The molecule has 3 aromatic carbocycles. The Morgan fingerprint density at radius 1 is 0.971 bits per heavy atom. The van der Waals surface area contributed by atoms with Gasteiger partial charge in [-0.2, -0.15) is 0 Å². The molecule has 35 heavy (non-hydrogen) atoms. The van der Waals surface area contributed by atoms with Crippen molar-refractivity contribution in [1.82, 2.24) is 4.90 Å². The lowest BCUT2D eigenvalue weighted by Crippen LogP contribution is -2.34. The van der Waals surface area contributed by atoms with Crippen molar-refractivity contribution in [2.75, 3.05) is 16.8 Å². The Hall–Kier alpha value is -3.93. The number of carbonyl (C=O) groups excluding carboxylic acids is 3. The van der Waals surface area contributed by atoms with E-state index in [1.54, 1.807) is 4.90 Å². The van der Waals surface area contributed by atoms with E-state index in [0.717, 1.165) is 35.3 Å². The highest BCUT2D eigenvalue weighted by molar-refractivity contribution is 5.95. The van der Waals surface area contributed by atoms with Gasteiger partial charge in [0.15, 0.2) is 0 Å². The van der Waals surface area contributed by atoms with Crippen molar-refractivity contribution in [3.05, 3.63) is 95.6 Å². The minimum absolute atomic E-state index is 0.0104. The third-order valence-corrected chi connectivity index (χ3v) is 6.35. The molecule has 1 heterocycles. The molecule has 3 amide bonds. The van der Waals surface area contributed by atoms with E-state index in [0.29, 0.717) is 18.7 Å². The van der Waals surface area contributed by atoms with Gasteiger partial charge in [0.25, 0.3) is 0 Å². The van der Waals surface area contributed by atoms with Crippen molar-refractivity contribution in [3.8, 4) is 0 Å². The Morgan fingerprint density at radius 3 is 2.37 bits per heavy atom. The average Bonchev–Trinajstić information content (AvgIpc) is 3.28. The molecular formula is C29H31N3O3. The van der Waals surface area contributed by atoms with Gasteiger partial charge in [0, 0.05) is 37.8 Å². The Kier molecular flexibility index (Phi) is 7.60. The van der Waals surface area contributed by atoms with Gasteiger partial charge in [-0.25, -0.2) is 0 Å². The first kappa shape index (κ1) is 24.2. The smallest absolute Gasteiger partial charge is 0.227 e. The molecule has 3 aromatic rings. The molecule has 1 aliphatic heterocycles. The van der Waals surface area contributed by atoms with Crippen molar-refractivity contribution < 1.29 is 14.4 Å². The summed E-state index contributed by atoms with van der Waals surface area (Å²) >= 11 is 0. The normalized spacial score (nSPS) is 14.0. The minimum atomic E-state index is -0.196. The number of carbonyl (C=O) groups is 3. The molecule has 0 aliphatic carbocycles. The second-order valence-corrected chi connectivity index (χ2v) is 8.98. The molecule has 1 saturated heterocycles. The van der Waals surface area contributed by atoms with Gasteiger partial charge in [-0.05, 0) is 54.3 Å². The SMILES string of the molecule is CC(=O)Nc1cccc(C(C)N(Cc2ccccc2)C(=O)Cc2ccc(N3CCCC3=O)cc2)c1. The summed E-state index contributed by atoms with van der Waals surface area (Å²) in [5, 5.41) is 2.82. The van der Waals surface area contributed by atoms with Crippen LogP contribution < -0.4 is 10.2 Å². The van der Waals surface area contributed by atoms with Gasteiger partial charge in [-0.15, -0.1) is 0 Å². The summed E-state index contributed by atoms with van der Waals surface area (Å²) in [4.78, 5) is 40.8. The number of hydrogen-bond donors (Lipinski definition) is 1. The topological polar surface area (TPSA) is 69.7 Å². The second kappa shape index (κ2) is 11.0. The lowest BCUT2D eigenvalue weighted by molar-refractivity contribution is -0.133. The zero-order valence-electron chi connectivity index (χ0n) is 20.2. The van der Waals surface area contributed by atoms with Crippen LogP contribution in [0.1, 0.15) is 49.4 Å². The first-order chi connectivity index (χ1) is 16.9. The maximum atomic E-state index is 13.6. The highest BCUT2D eigenvalue weighted by Gasteiger charge is 2.24. The number of amides is 3. The van der Waals surface area contributed by atoms with Crippen LogP contribution in [0.4, 0.5) is 11.4 Å². The van der Waals surface area contributed by atoms with Gasteiger partial charge in [0.05, 0.1) is 12.5 Å². The highest BCUT2D eigenvalue weighted by Crippen LogP contribution is 2.27. The van der Waals surface area contributed by atoms with Crippen molar-refractivity contribution in [1.29, 1.82) is 0 Å². The predicted octanol–water partition coefficient (Wildman–Crippen LogP) is 5.10. The monoisotopic (exact) mass is 469 g/mol. The number of rotatable bonds is 8. The number of benzene rings is 3. The zero-order valence-corrected chi connectivity index (χ0v) is 20.2. The van der Waals surface area contributed by atoms with Gasteiger partial charge in [-0.3, -0.25) is 14.4 Å². The van der Waals surface area contributed by atoms with E-state index in [9.17, 15) is 14.4 Å². The third-order valence-electron chi connectivity index (χ3n) is 6.35. The largest absolute Gasteiger partial charge is 0.331 e. The fraction of sp³-hybridized carbons (Fsp3) is 0.276. The van der Waals surface area contributed by atoms with Crippen LogP contribution in [-0.4, -0.2) is 29.2 Å². The first-order valence-corrected chi connectivity index (χ1v) is 12.0. The lowest BCUT2D eigenvalue weighted by atomic mass is 10.0. The first-order valence-electron chi connectivity index (χ1n) is 12.0. The van der Waals surface area contributed by atoms with E-state index in [-0.39, 0.29) is 30.2 Å². The van der Waals surface area contributed by atoms with Crippen LogP contribution in [0, 0.1) is 0 Å². The number of hydrogen-bond acceptors (Lipinski definition) is 3. The highest BCUT2D eigenvalue weighted by atomic mass is 16.2. The van der Waals surface area contributed by atoms with Crippen LogP contribution in [0.5, 0.6) is 0 Å². The van der Waals surface area contributed by atoms with Gasteiger partial charge in [-0.1, -0.05) is 54.6 Å². The molecule has 1 N–H and O–H groups in total. The molecule has 0 spiro atoms. The average molecular weight is 470 g/mol. The van der Waals surface area contributed by atoms with E-state index in [4.69, 9.17) is 0 Å². The Labute approximate surface area is 206 Å². The fourth-order valence-corrected chi connectivity index (χ4v) is 4.47. The quantitative estimate of drug-likeness (QED) is 0.499. The molecular weight excluding hydrogens is 438 g/mol. The Morgan fingerprint density at radius 2 is 1.71 bits per heavy atom. The summed E-state index contributed by atoms with van der Waals surface area (Å²) in [5.74, 6) is 0.0283. The van der Waals surface area contributed by atoms with Gasteiger partial charge in [0.1, 0.15) is 0 Å². The number of nitrogens with one attached hydrogen (secondary N) is 1. The zero-order chi connectivity index (χ0) is 24.8. The second-order valence-electron chi connectivity index (χ2n) is 8.98. The van der Waals surface area contributed by atoms with E-state index in [1.165, 1.54) is 6.92 Å². The standard InChI is InChI=1S/C29H31N3O3/c1-21(25-10-6-11-26(19-25)30-22(2)33)32(20-24-8-4-3-5-9-24)29(35)18-23-13-15-27(16-14-23)31-17-7-12-28(31)34/h3-6,8-11,13-16,19,21H,7,12,17-18,20H2,1-2H3,(H,30,33). The summed E-state index contributed by atoms with van der Waals surface area (Å²) in [6.07, 6.45) is 1.74. The molecule has 180 valence electrons. The van der Waals surface area contributed by atoms with E-state index in [1.807, 2.05) is 90.7 Å². The van der Waals surface area contributed by atoms with Crippen LogP contribution in [0.2, 0.25) is 0 Å². The molecule has 0 bridgehead atoms. The maximum absolute atomic E-state index is 13.6. The maximum Gasteiger partial charge on any atom is 0.227 e. The third kappa shape index (κ3) is 6.15. The number of nitrogens with zero attached hydrogens (tertiary/aromatic N) is 2. The van der Waals surface area contributed by atoms with Gasteiger partial charge >= 0.3 is 0 Å². The summed E-state index contributed by atoms with van der Waals surface area (Å²) in [6, 6.07) is 25.1. The van der Waals surface area contributed by atoms with Crippen molar-refractivity contribution in [2.24, 2.45) is 0 Å². The summed E-state index contributed by atoms with van der Waals surface area (Å²) in [7, 11) is 0. The van der Waals surface area contributed by atoms with Crippen molar-refractivity contribution in [2.45, 2.75) is 45.7 Å². The molecule has 1 atom stereocenters. The molecule has 1 aliphatic rings. The fourth-order valence-electron chi connectivity index (χ4n) is 4.47. The lowest BCUT2D eigenvalue weighted by Gasteiger charge is -2.30. The molecule has 4 rings (SSSR count). The van der Waals surface area contributed by atoms with Crippen molar-refractivity contribution in [3.63, 3.8) is 0 Å². The van der Waals surface area contributed by atoms with E-state index in [2.05, 4.69) is 5.32 Å². The molecule has 0 aromatic heterocycles. The Bertz CT molecular complexity index is 1190. The summed E-state index contributed by atoms with van der Waals surface area (Å²) in [6.45, 7) is 4.71. The molecule has 0 radical (unpaired) electrons. The summed E-state index contributed by atoms with van der Waals surface area (Å²) < 4.78 is 0. The summed E-state index contributed by atoms with van der Waals surface area (Å²) in [5.41, 5.74) is 4.49. The number of anilines is 2. The van der Waals surface area contributed by atoms with Crippen LogP contribution in [-0.2, 0) is 27.3 Å². The molecule has 6 nitrogen and oxygen atoms in total. The molecule has 6 heteroatoms. The molecule has 1 fully saturated rings.